The van der Waals surface area contributed by atoms with Gasteiger partial charge in [-0.05, 0) is 19.3 Å². The van der Waals surface area contributed by atoms with E-state index in [1.54, 1.807) is 0 Å². The van der Waals surface area contributed by atoms with Gasteiger partial charge in [0.05, 0.1) is 0 Å². The second-order valence-electron chi connectivity index (χ2n) is 4.12. The predicted octanol–water partition coefficient (Wildman–Crippen LogP) is 1.51. The summed E-state index contributed by atoms with van der Waals surface area (Å²) in [6, 6.07) is 0. The first-order chi connectivity index (χ1) is 7.24. The SMILES string of the molecule is CCCCC(=O)NNC(=O)C1CCCC1. The van der Waals surface area contributed by atoms with Gasteiger partial charge in [-0.15, -0.1) is 0 Å². The van der Waals surface area contributed by atoms with E-state index in [-0.39, 0.29) is 17.7 Å². The molecule has 0 spiro atoms. The largest absolute Gasteiger partial charge is 0.273 e. The molecule has 0 heterocycles. The van der Waals surface area contributed by atoms with Gasteiger partial charge < -0.3 is 0 Å². The zero-order valence-electron chi connectivity index (χ0n) is 9.34. The van der Waals surface area contributed by atoms with Crippen molar-refractivity contribution in [2.24, 2.45) is 5.92 Å². The van der Waals surface area contributed by atoms with Gasteiger partial charge in [-0.2, -0.15) is 0 Å². The van der Waals surface area contributed by atoms with E-state index in [9.17, 15) is 9.59 Å². The Bertz CT molecular complexity index is 223. The van der Waals surface area contributed by atoms with Crippen molar-refractivity contribution in [1.82, 2.24) is 10.9 Å². The van der Waals surface area contributed by atoms with E-state index in [2.05, 4.69) is 10.9 Å². The van der Waals surface area contributed by atoms with Crippen molar-refractivity contribution in [2.45, 2.75) is 51.9 Å². The smallest absolute Gasteiger partial charge is 0.241 e. The zero-order chi connectivity index (χ0) is 11.1. The third-order valence-electron chi connectivity index (χ3n) is 2.81. The molecule has 86 valence electrons. The van der Waals surface area contributed by atoms with Crippen LogP contribution >= 0.6 is 0 Å². The minimum atomic E-state index is -0.0943. The van der Waals surface area contributed by atoms with Gasteiger partial charge in [0.1, 0.15) is 0 Å². The molecule has 0 aromatic carbocycles. The molecule has 4 heteroatoms. The first-order valence-electron chi connectivity index (χ1n) is 5.82. The molecule has 4 nitrogen and oxygen atoms in total. The van der Waals surface area contributed by atoms with Gasteiger partial charge in [0.25, 0.3) is 0 Å². The molecule has 0 atom stereocenters. The maximum absolute atomic E-state index is 11.5. The van der Waals surface area contributed by atoms with Crippen LogP contribution in [0.15, 0.2) is 0 Å². The van der Waals surface area contributed by atoms with Crippen LogP contribution in [0.5, 0.6) is 0 Å². The molecule has 1 saturated carbocycles. The van der Waals surface area contributed by atoms with Crippen LogP contribution in [-0.4, -0.2) is 11.8 Å². The molecular formula is C11H20N2O2. The number of nitrogens with one attached hydrogen (secondary N) is 2. The van der Waals surface area contributed by atoms with Crippen molar-refractivity contribution >= 4 is 11.8 Å². The van der Waals surface area contributed by atoms with Crippen LogP contribution < -0.4 is 10.9 Å². The van der Waals surface area contributed by atoms with E-state index in [0.29, 0.717) is 6.42 Å². The molecule has 2 N–H and O–H groups in total. The Morgan fingerprint density at radius 1 is 1.20 bits per heavy atom. The van der Waals surface area contributed by atoms with Crippen LogP contribution in [0.4, 0.5) is 0 Å². The average Bonchev–Trinajstić information content (AvgIpc) is 2.76. The summed E-state index contributed by atoms with van der Waals surface area (Å²) in [5.41, 5.74) is 4.95. The summed E-state index contributed by atoms with van der Waals surface area (Å²) >= 11 is 0. The second-order valence-corrected chi connectivity index (χ2v) is 4.12. The molecule has 2 amide bonds. The number of hydrogen-bond donors (Lipinski definition) is 2. The van der Waals surface area contributed by atoms with Gasteiger partial charge in [-0.3, -0.25) is 20.4 Å². The van der Waals surface area contributed by atoms with Crippen LogP contribution in [-0.2, 0) is 9.59 Å². The van der Waals surface area contributed by atoms with E-state index in [4.69, 9.17) is 0 Å². The van der Waals surface area contributed by atoms with E-state index < -0.39 is 0 Å². The Balaban J connectivity index is 2.12. The topological polar surface area (TPSA) is 58.2 Å². The van der Waals surface area contributed by atoms with Crippen LogP contribution in [0.3, 0.4) is 0 Å². The van der Waals surface area contributed by atoms with Gasteiger partial charge in [-0.25, -0.2) is 0 Å². The molecule has 15 heavy (non-hydrogen) atoms. The lowest BCUT2D eigenvalue weighted by molar-refractivity contribution is -0.131. The minimum Gasteiger partial charge on any atom is -0.273 e. The summed E-state index contributed by atoms with van der Waals surface area (Å²) in [6.45, 7) is 2.03. The van der Waals surface area contributed by atoms with Gasteiger partial charge in [0.2, 0.25) is 11.8 Å². The van der Waals surface area contributed by atoms with Gasteiger partial charge in [0.15, 0.2) is 0 Å². The number of carbonyl (C=O) groups is 2. The molecule has 0 saturated heterocycles. The predicted molar refractivity (Wildman–Crippen MR) is 57.8 cm³/mol. The Morgan fingerprint density at radius 2 is 1.87 bits per heavy atom. The highest BCUT2D eigenvalue weighted by atomic mass is 16.2. The molecule has 0 bridgehead atoms. The maximum atomic E-state index is 11.5. The molecule has 1 fully saturated rings. The van der Waals surface area contributed by atoms with Crippen LogP contribution in [0.2, 0.25) is 0 Å². The van der Waals surface area contributed by atoms with Gasteiger partial charge in [-0.1, -0.05) is 26.2 Å². The van der Waals surface area contributed by atoms with E-state index in [1.807, 2.05) is 6.92 Å². The molecule has 0 unspecified atom stereocenters. The van der Waals surface area contributed by atoms with Crippen LogP contribution in [0, 0.1) is 5.92 Å². The fourth-order valence-corrected chi connectivity index (χ4v) is 1.82. The van der Waals surface area contributed by atoms with Crippen molar-refractivity contribution in [1.29, 1.82) is 0 Å². The number of hydrazine groups is 1. The summed E-state index contributed by atoms with van der Waals surface area (Å²) < 4.78 is 0. The summed E-state index contributed by atoms with van der Waals surface area (Å²) in [4.78, 5) is 22.7. The molecule has 1 rings (SSSR count). The van der Waals surface area contributed by atoms with Crippen molar-refractivity contribution in [3.05, 3.63) is 0 Å². The lowest BCUT2D eigenvalue weighted by Gasteiger charge is -2.10. The first-order valence-corrected chi connectivity index (χ1v) is 5.82. The number of hydrogen-bond acceptors (Lipinski definition) is 2. The number of carbonyl (C=O) groups excluding carboxylic acids is 2. The lowest BCUT2D eigenvalue weighted by Crippen LogP contribution is -2.44. The minimum absolute atomic E-state index is 0.0302. The Morgan fingerprint density at radius 3 is 2.47 bits per heavy atom. The number of unbranched alkanes of at least 4 members (excludes halogenated alkanes) is 1. The fourth-order valence-electron chi connectivity index (χ4n) is 1.82. The quantitative estimate of drug-likeness (QED) is 0.694. The Hall–Kier alpha value is -1.06. The number of amides is 2. The zero-order valence-corrected chi connectivity index (χ0v) is 9.34. The molecule has 0 aromatic heterocycles. The molecule has 0 aromatic rings. The monoisotopic (exact) mass is 212 g/mol. The maximum Gasteiger partial charge on any atom is 0.241 e. The van der Waals surface area contributed by atoms with E-state index >= 15 is 0 Å². The van der Waals surface area contributed by atoms with Crippen molar-refractivity contribution < 1.29 is 9.59 Å². The molecule has 1 aliphatic carbocycles. The van der Waals surface area contributed by atoms with E-state index in [0.717, 1.165) is 38.5 Å². The summed E-state index contributed by atoms with van der Waals surface area (Å²) in [5.74, 6) is -0.0166. The Kier molecular flexibility index (Phi) is 5.15. The highest BCUT2D eigenvalue weighted by Gasteiger charge is 2.22. The van der Waals surface area contributed by atoms with Crippen LogP contribution in [0.25, 0.3) is 0 Å². The molecule has 1 aliphatic rings. The first kappa shape index (κ1) is 12.0. The molecule has 0 aliphatic heterocycles. The number of rotatable bonds is 4. The second kappa shape index (κ2) is 6.43. The van der Waals surface area contributed by atoms with Crippen LogP contribution in [0.1, 0.15) is 51.9 Å². The standard InChI is InChI=1S/C11H20N2O2/c1-2-3-8-10(14)12-13-11(15)9-6-4-5-7-9/h9H,2-8H2,1H3,(H,12,14)(H,13,15). The summed E-state index contributed by atoms with van der Waals surface area (Å²) in [7, 11) is 0. The lowest BCUT2D eigenvalue weighted by atomic mass is 10.1. The summed E-state index contributed by atoms with van der Waals surface area (Å²) in [6.07, 6.45) is 6.51. The van der Waals surface area contributed by atoms with Crippen molar-refractivity contribution in [3.63, 3.8) is 0 Å². The van der Waals surface area contributed by atoms with E-state index in [1.165, 1.54) is 0 Å². The third-order valence-corrected chi connectivity index (χ3v) is 2.81. The Labute approximate surface area is 90.8 Å². The molecular weight excluding hydrogens is 192 g/mol. The average molecular weight is 212 g/mol. The highest BCUT2D eigenvalue weighted by molar-refractivity contribution is 5.83. The van der Waals surface area contributed by atoms with Gasteiger partial charge in [0, 0.05) is 12.3 Å². The van der Waals surface area contributed by atoms with Crippen molar-refractivity contribution in [3.8, 4) is 0 Å². The highest BCUT2D eigenvalue weighted by Crippen LogP contribution is 2.24. The third kappa shape index (κ3) is 4.32. The normalized spacial score (nSPS) is 16.3. The fraction of sp³-hybridized carbons (Fsp3) is 0.818. The molecule has 0 radical (unpaired) electrons. The van der Waals surface area contributed by atoms with Gasteiger partial charge >= 0.3 is 0 Å². The summed E-state index contributed by atoms with van der Waals surface area (Å²) in [5, 5.41) is 0. The van der Waals surface area contributed by atoms with Crippen molar-refractivity contribution in [2.75, 3.05) is 0 Å².